The highest BCUT2D eigenvalue weighted by Crippen LogP contribution is 2.45. The van der Waals surface area contributed by atoms with Crippen LogP contribution >= 0.6 is 0 Å². The van der Waals surface area contributed by atoms with E-state index in [9.17, 15) is 0 Å². The van der Waals surface area contributed by atoms with E-state index in [4.69, 9.17) is 4.74 Å². The molecular formula is C13H19NO. The maximum atomic E-state index is 5.68. The molecule has 1 aliphatic rings. The molecule has 2 rings (SSSR count). The van der Waals surface area contributed by atoms with Gasteiger partial charge in [-0.25, -0.2) is 0 Å². The number of likely N-dealkylation sites (N-methyl/N-ethyl adjacent to an activating group) is 1. The highest BCUT2D eigenvalue weighted by molar-refractivity contribution is 5.24. The van der Waals surface area contributed by atoms with Gasteiger partial charge in [-0.05, 0) is 26.1 Å². The quantitative estimate of drug-likeness (QED) is 0.702. The number of hydrogen-bond donors (Lipinski definition) is 0. The average molecular weight is 205 g/mol. The van der Waals surface area contributed by atoms with Crippen molar-refractivity contribution in [2.45, 2.75) is 25.0 Å². The fourth-order valence-electron chi connectivity index (χ4n) is 2.36. The Hall–Kier alpha value is -0.860. The number of epoxide rings is 1. The van der Waals surface area contributed by atoms with E-state index >= 15 is 0 Å². The van der Waals surface area contributed by atoms with Crippen molar-refractivity contribution in [3.63, 3.8) is 0 Å². The fraction of sp³-hybridized carbons (Fsp3) is 0.538. The molecule has 1 fully saturated rings. The van der Waals surface area contributed by atoms with Crippen molar-refractivity contribution in [2.75, 3.05) is 20.7 Å². The smallest absolute Gasteiger partial charge is 0.111 e. The minimum absolute atomic E-state index is 0.0604. The molecule has 2 nitrogen and oxygen atoms in total. The molecule has 0 aromatic heterocycles. The Morgan fingerprint density at radius 1 is 1.33 bits per heavy atom. The van der Waals surface area contributed by atoms with Crippen molar-refractivity contribution >= 4 is 0 Å². The molecular weight excluding hydrogens is 186 g/mol. The van der Waals surface area contributed by atoms with E-state index in [-0.39, 0.29) is 5.60 Å². The summed E-state index contributed by atoms with van der Waals surface area (Å²) in [6, 6.07) is 11.0. The Kier molecular flexibility index (Phi) is 2.81. The zero-order chi connectivity index (χ0) is 10.9. The van der Waals surface area contributed by atoms with Gasteiger partial charge in [0.15, 0.2) is 0 Å². The van der Waals surface area contributed by atoms with Gasteiger partial charge in [0.1, 0.15) is 5.60 Å². The van der Waals surface area contributed by atoms with Crippen molar-refractivity contribution in [1.82, 2.24) is 4.90 Å². The zero-order valence-corrected chi connectivity index (χ0v) is 9.73. The van der Waals surface area contributed by atoms with Crippen LogP contribution in [0.3, 0.4) is 0 Å². The number of hydrogen-bond acceptors (Lipinski definition) is 2. The number of rotatable bonds is 4. The van der Waals surface area contributed by atoms with E-state index < -0.39 is 0 Å². The summed E-state index contributed by atoms with van der Waals surface area (Å²) < 4.78 is 5.68. The van der Waals surface area contributed by atoms with Gasteiger partial charge >= 0.3 is 0 Å². The Labute approximate surface area is 91.9 Å². The first-order valence-electron chi connectivity index (χ1n) is 5.55. The molecule has 2 heteroatoms. The van der Waals surface area contributed by atoms with E-state index in [0.717, 1.165) is 13.0 Å². The van der Waals surface area contributed by atoms with Gasteiger partial charge in [-0.15, -0.1) is 0 Å². The Bertz CT molecular complexity index is 317. The number of nitrogens with zero attached hydrogens (tertiary/aromatic N) is 1. The monoisotopic (exact) mass is 205 g/mol. The highest BCUT2D eigenvalue weighted by atomic mass is 16.6. The van der Waals surface area contributed by atoms with E-state index in [2.05, 4.69) is 56.3 Å². The van der Waals surface area contributed by atoms with Crippen LogP contribution in [0.2, 0.25) is 0 Å². The molecule has 0 saturated carbocycles. The summed E-state index contributed by atoms with van der Waals surface area (Å²) in [5, 5.41) is 0. The summed E-state index contributed by atoms with van der Waals surface area (Å²) in [4.78, 5) is 2.26. The molecule has 0 spiro atoms. The van der Waals surface area contributed by atoms with Crippen LogP contribution in [-0.4, -0.2) is 31.2 Å². The molecule has 1 aromatic carbocycles. The molecule has 1 heterocycles. The first kappa shape index (κ1) is 10.7. The molecule has 15 heavy (non-hydrogen) atoms. The second-order valence-electron chi connectivity index (χ2n) is 4.48. The zero-order valence-electron chi connectivity index (χ0n) is 9.73. The van der Waals surface area contributed by atoms with Crippen LogP contribution in [0.5, 0.6) is 0 Å². The van der Waals surface area contributed by atoms with Crippen molar-refractivity contribution in [3.05, 3.63) is 35.9 Å². The maximum absolute atomic E-state index is 5.68. The minimum Gasteiger partial charge on any atom is -0.368 e. The standard InChI is InChI=1S/C13H19NO/c1-4-13(10-15-13)12(14(2)3)11-8-6-5-7-9-11/h5-9,12H,4,10H2,1-3H3. The summed E-state index contributed by atoms with van der Waals surface area (Å²) in [6.45, 7) is 3.09. The van der Waals surface area contributed by atoms with Gasteiger partial charge < -0.3 is 4.74 Å². The second-order valence-corrected chi connectivity index (χ2v) is 4.48. The minimum atomic E-state index is 0.0604. The summed E-state index contributed by atoms with van der Waals surface area (Å²) in [5.74, 6) is 0. The molecule has 1 saturated heterocycles. The summed E-state index contributed by atoms with van der Waals surface area (Å²) >= 11 is 0. The van der Waals surface area contributed by atoms with E-state index in [0.29, 0.717) is 6.04 Å². The Morgan fingerprint density at radius 3 is 2.33 bits per heavy atom. The third-order valence-electron chi connectivity index (χ3n) is 3.24. The van der Waals surface area contributed by atoms with Crippen LogP contribution in [0.4, 0.5) is 0 Å². The Balaban J connectivity index is 2.29. The van der Waals surface area contributed by atoms with Gasteiger partial charge in [0, 0.05) is 0 Å². The molecule has 82 valence electrons. The first-order chi connectivity index (χ1) is 7.19. The maximum Gasteiger partial charge on any atom is 0.111 e. The molecule has 0 N–H and O–H groups in total. The molecule has 2 atom stereocenters. The molecule has 0 radical (unpaired) electrons. The van der Waals surface area contributed by atoms with Gasteiger partial charge in [-0.3, -0.25) is 4.90 Å². The first-order valence-corrected chi connectivity index (χ1v) is 5.55. The van der Waals surface area contributed by atoms with Gasteiger partial charge in [0.2, 0.25) is 0 Å². The lowest BCUT2D eigenvalue weighted by Gasteiger charge is -2.30. The lowest BCUT2D eigenvalue weighted by atomic mass is 9.90. The molecule has 2 unspecified atom stereocenters. The fourth-order valence-corrected chi connectivity index (χ4v) is 2.36. The number of ether oxygens (including phenoxy) is 1. The molecule has 0 amide bonds. The van der Waals surface area contributed by atoms with Crippen molar-refractivity contribution in [3.8, 4) is 0 Å². The van der Waals surface area contributed by atoms with Gasteiger partial charge in [0.25, 0.3) is 0 Å². The van der Waals surface area contributed by atoms with Gasteiger partial charge in [-0.2, -0.15) is 0 Å². The third kappa shape index (κ3) is 1.92. The van der Waals surface area contributed by atoms with Crippen molar-refractivity contribution in [2.24, 2.45) is 0 Å². The predicted molar refractivity (Wildman–Crippen MR) is 61.8 cm³/mol. The van der Waals surface area contributed by atoms with Crippen LogP contribution < -0.4 is 0 Å². The average Bonchev–Trinajstić information content (AvgIpc) is 3.00. The molecule has 0 bridgehead atoms. The van der Waals surface area contributed by atoms with E-state index in [1.54, 1.807) is 0 Å². The van der Waals surface area contributed by atoms with Gasteiger partial charge in [-0.1, -0.05) is 37.3 Å². The third-order valence-corrected chi connectivity index (χ3v) is 3.24. The summed E-state index contributed by atoms with van der Waals surface area (Å²) in [5.41, 5.74) is 1.41. The predicted octanol–water partition coefficient (Wildman–Crippen LogP) is 2.47. The second kappa shape index (κ2) is 3.95. The molecule has 0 aliphatic carbocycles. The lowest BCUT2D eigenvalue weighted by molar-refractivity contribution is 0.150. The van der Waals surface area contributed by atoms with Crippen LogP contribution in [-0.2, 0) is 4.74 Å². The SMILES string of the molecule is CCC1(C(c2ccccc2)N(C)C)CO1. The number of benzene rings is 1. The van der Waals surface area contributed by atoms with Crippen LogP contribution in [0, 0.1) is 0 Å². The van der Waals surface area contributed by atoms with Crippen LogP contribution in [0.1, 0.15) is 24.9 Å². The lowest BCUT2D eigenvalue weighted by Crippen LogP contribution is -2.33. The van der Waals surface area contributed by atoms with Gasteiger partial charge in [0.05, 0.1) is 12.6 Å². The van der Waals surface area contributed by atoms with E-state index in [1.807, 2.05) is 0 Å². The largest absolute Gasteiger partial charge is 0.368 e. The van der Waals surface area contributed by atoms with Crippen molar-refractivity contribution < 1.29 is 4.74 Å². The van der Waals surface area contributed by atoms with Crippen LogP contribution in [0.15, 0.2) is 30.3 Å². The highest BCUT2D eigenvalue weighted by Gasteiger charge is 2.51. The molecule has 1 aromatic rings. The summed E-state index contributed by atoms with van der Waals surface area (Å²) in [6.07, 6.45) is 1.07. The molecule has 1 aliphatic heterocycles. The van der Waals surface area contributed by atoms with E-state index in [1.165, 1.54) is 5.56 Å². The van der Waals surface area contributed by atoms with Crippen LogP contribution in [0.25, 0.3) is 0 Å². The van der Waals surface area contributed by atoms with Crippen molar-refractivity contribution in [1.29, 1.82) is 0 Å². The summed E-state index contributed by atoms with van der Waals surface area (Å²) in [7, 11) is 4.24. The Morgan fingerprint density at radius 2 is 1.93 bits per heavy atom. The topological polar surface area (TPSA) is 15.8 Å². The normalized spacial score (nSPS) is 26.7.